The van der Waals surface area contributed by atoms with Crippen molar-refractivity contribution in [3.05, 3.63) is 30.3 Å². The third-order valence-corrected chi connectivity index (χ3v) is 2.31. The van der Waals surface area contributed by atoms with Gasteiger partial charge >= 0.3 is 5.97 Å². The molecule has 0 unspecified atom stereocenters. The maximum Gasteiger partial charge on any atom is 0.302 e. The van der Waals surface area contributed by atoms with Gasteiger partial charge in [0.25, 0.3) is 0 Å². The van der Waals surface area contributed by atoms with Gasteiger partial charge in [-0.2, -0.15) is 0 Å². The molecule has 0 heterocycles. The molecule has 1 aromatic rings. The van der Waals surface area contributed by atoms with Crippen molar-refractivity contribution < 1.29 is 14.3 Å². The van der Waals surface area contributed by atoms with E-state index in [-0.39, 0.29) is 5.97 Å². The van der Waals surface area contributed by atoms with Gasteiger partial charge in [0.2, 0.25) is 0 Å². The first-order valence-electron chi connectivity index (χ1n) is 7.01. The van der Waals surface area contributed by atoms with Gasteiger partial charge in [-0.3, -0.25) is 4.79 Å². The zero-order valence-electron chi connectivity index (χ0n) is 12.4. The van der Waals surface area contributed by atoms with E-state index in [2.05, 4.69) is 18.6 Å². The van der Waals surface area contributed by atoms with Gasteiger partial charge in [0.15, 0.2) is 0 Å². The molecule has 0 saturated carbocycles. The Labute approximate surface area is 116 Å². The molecule has 1 rings (SSSR count). The lowest BCUT2D eigenvalue weighted by atomic mass is 10.3. The Kier molecular flexibility index (Phi) is 11.9. The molecular formula is C16H26O3. The molecule has 0 radical (unpaired) electrons. The van der Waals surface area contributed by atoms with Crippen molar-refractivity contribution in [2.24, 2.45) is 0 Å². The van der Waals surface area contributed by atoms with Gasteiger partial charge in [-0.1, -0.05) is 44.9 Å². The topological polar surface area (TPSA) is 35.5 Å². The third-order valence-electron chi connectivity index (χ3n) is 2.31. The van der Waals surface area contributed by atoms with Gasteiger partial charge in [-0.05, 0) is 25.0 Å². The minimum Gasteiger partial charge on any atom is -0.494 e. The van der Waals surface area contributed by atoms with E-state index in [0.717, 1.165) is 31.6 Å². The second-order valence-electron chi connectivity index (χ2n) is 4.21. The van der Waals surface area contributed by atoms with Crippen molar-refractivity contribution in [1.29, 1.82) is 0 Å². The van der Waals surface area contributed by atoms with Gasteiger partial charge in [0, 0.05) is 6.92 Å². The van der Waals surface area contributed by atoms with E-state index in [1.165, 1.54) is 13.3 Å². The standard InChI is InChI=1S/C10H14O.C6H12O2/c1-2-3-9-11-10-7-5-4-6-8-10;1-3-4-5-8-6(2)7/h4-8H,2-3,9H2,1H3;3-5H2,1-2H3. The Balaban J connectivity index is 0.000000362. The molecule has 0 aliphatic rings. The first-order valence-corrected chi connectivity index (χ1v) is 7.01. The maximum atomic E-state index is 10.1. The van der Waals surface area contributed by atoms with Crippen LogP contribution in [-0.4, -0.2) is 19.2 Å². The molecule has 0 aliphatic heterocycles. The number of benzene rings is 1. The molecule has 0 aliphatic carbocycles. The predicted molar refractivity (Wildman–Crippen MR) is 78.4 cm³/mol. The second kappa shape index (κ2) is 12.9. The Hall–Kier alpha value is -1.51. The molecular weight excluding hydrogens is 240 g/mol. The zero-order valence-corrected chi connectivity index (χ0v) is 12.4. The van der Waals surface area contributed by atoms with Crippen LogP contribution in [0.15, 0.2) is 30.3 Å². The van der Waals surface area contributed by atoms with Crippen LogP contribution in [0.1, 0.15) is 46.5 Å². The molecule has 3 heteroatoms. The minimum atomic E-state index is -0.182. The molecule has 0 saturated heterocycles. The molecule has 0 bridgehead atoms. The van der Waals surface area contributed by atoms with Crippen LogP contribution in [0.3, 0.4) is 0 Å². The quantitative estimate of drug-likeness (QED) is 0.547. The average Bonchev–Trinajstić information content (AvgIpc) is 2.41. The molecule has 0 aromatic heterocycles. The summed E-state index contributed by atoms with van der Waals surface area (Å²) in [5.74, 6) is 0.791. The fraction of sp³-hybridized carbons (Fsp3) is 0.562. The maximum absolute atomic E-state index is 10.1. The summed E-state index contributed by atoms with van der Waals surface area (Å²) in [6.07, 6.45) is 4.37. The van der Waals surface area contributed by atoms with E-state index >= 15 is 0 Å². The zero-order chi connectivity index (χ0) is 14.3. The summed E-state index contributed by atoms with van der Waals surface area (Å²) in [5, 5.41) is 0. The summed E-state index contributed by atoms with van der Waals surface area (Å²) in [5.41, 5.74) is 0. The van der Waals surface area contributed by atoms with Crippen molar-refractivity contribution >= 4 is 5.97 Å². The summed E-state index contributed by atoms with van der Waals surface area (Å²) < 4.78 is 10.1. The van der Waals surface area contributed by atoms with E-state index in [1.54, 1.807) is 0 Å². The highest BCUT2D eigenvalue weighted by atomic mass is 16.5. The molecule has 0 atom stereocenters. The van der Waals surface area contributed by atoms with Crippen LogP contribution in [0, 0.1) is 0 Å². The lowest BCUT2D eigenvalue weighted by Crippen LogP contribution is -1.99. The van der Waals surface area contributed by atoms with Gasteiger partial charge in [0.05, 0.1) is 13.2 Å². The average molecular weight is 266 g/mol. The number of esters is 1. The van der Waals surface area contributed by atoms with E-state index < -0.39 is 0 Å². The molecule has 19 heavy (non-hydrogen) atoms. The van der Waals surface area contributed by atoms with E-state index in [0.29, 0.717) is 6.61 Å². The number of hydrogen-bond donors (Lipinski definition) is 0. The summed E-state index contributed by atoms with van der Waals surface area (Å²) >= 11 is 0. The summed E-state index contributed by atoms with van der Waals surface area (Å²) in [4.78, 5) is 10.1. The Morgan fingerprint density at radius 3 is 2.11 bits per heavy atom. The Bertz CT molecular complexity index is 309. The number of rotatable bonds is 7. The summed E-state index contributed by atoms with van der Waals surface area (Å²) in [6.45, 7) is 7.06. The van der Waals surface area contributed by atoms with E-state index in [9.17, 15) is 4.79 Å². The van der Waals surface area contributed by atoms with Crippen LogP contribution in [0.4, 0.5) is 0 Å². The van der Waals surface area contributed by atoms with Gasteiger partial charge in [-0.25, -0.2) is 0 Å². The third kappa shape index (κ3) is 12.7. The van der Waals surface area contributed by atoms with Crippen molar-refractivity contribution in [3.63, 3.8) is 0 Å². The number of ether oxygens (including phenoxy) is 2. The van der Waals surface area contributed by atoms with E-state index in [1.807, 2.05) is 30.3 Å². The Morgan fingerprint density at radius 1 is 1.00 bits per heavy atom. The van der Waals surface area contributed by atoms with Gasteiger partial charge in [-0.15, -0.1) is 0 Å². The number of para-hydroxylation sites is 1. The smallest absolute Gasteiger partial charge is 0.302 e. The highest BCUT2D eigenvalue weighted by molar-refractivity contribution is 5.65. The number of hydrogen-bond acceptors (Lipinski definition) is 3. The minimum absolute atomic E-state index is 0.182. The van der Waals surface area contributed by atoms with Crippen molar-refractivity contribution in [2.75, 3.05) is 13.2 Å². The normalized spacial score (nSPS) is 9.21. The number of carbonyl (C=O) groups is 1. The van der Waals surface area contributed by atoms with Crippen LogP contribution in [0.25, 0.3) is 0 Å². The summed E-state index contributed by atoms with van der Waals surface area (Å²) in [7, 11) is 0. The fourth-order valence-corrected chi connectivity index (χ4v) is 1.21. The van der Waals surface area contributed by atoms with Crippen LogP contribution >= 0.6 is 0 Å². The van der Waals surface area contributed by atoms with Crippen LogP contribution in [-0.2, 0) is 9.53 Å². The van der Waals surface area contributed by atoms with Crippen LogP contribution < -0.4 is 4.74 Å². The van der Waals surface area contributed by atoms with Crippen molar-refractivity contribution in [1.82, 2.24) is 0 Å². The summed E-state index contributed by atoms with van der Waals surface area (Å²) in [6, 6.07) is 9.93. The molecule has 1 aromatic carbocycles. The van der Waals surface area contributed by atoms with Crippen molar-refractivity contribution in [2.45, 2.75) is 46.5 Å². The second-order valence-corrected chi connectivity index (χ2v) is 4.21. The molecule has 0 amide bonds. The SMILES string of the molecule is CCCCOC(C)=O.CCCCOc1ccccc1. The molecule has 0 fully saturated rings. The van der Waals surface area contributed by atoms with Crippen molar-refractivity contribution in [3.8, 4) is 5.75 Å². The monoisotopic (exact) mass is 266 g/mol. The van der Waals surface area contributed by atoms with Crippen LogP contribution in [0.5, 0.6) is 5.75 Å². The fourth-order valence-electron chi connectivity index (χ4n) is 1.21. The largest absolute Gasteiger partial charge is 0.494 e. The molecule has 0 spiro atoms. The van der Waals surface area contributed by atoms with E-state index in [4.69, 9.17) is 4.74 Å². The highest BCUT2D eigenvalue weighted by Crippen LogP contribution is 2.08. The molecule has 0 N–H and O–H groups in total. The first-order chi connectivity index (χ1) is 9.20. The van der Waals surface area contributed by atoms with Gasteiger partial charge in [0.1, 0.15) is 5.75 Å². The first kappa shape index (κ1) is 17.5. The van der Waals surface area contributed by atoms with Gasteiger partial charge < -0.3 is 9.47 Å². The molecule has 108 valence electrons. The lowest BCUT2D eigenvalue weighted by molar-refractivity contribution is -0.141. The van der Waals surface area contributed by atoms with Crippen LogP contribution in [0.2, 0.25) is 0 Å². The lowest BCUT2D eigenvalue weighted by Gasteiger charge is -2.03. The highest BCUT2D eigenvalue weighted by Gasteiger charge is 1.89. The number of unbranched alkanes of at least 4 members (excludes halogenated alkanes) is 2. The Morgan fingerprint density at radius 2 is 1.58 bits per heavy atom. The number of carbonyl (C=O) groups excluding carboxylic acids is 1. The molecule has 3 nitrogen and oxygen atoms in total. The predicted octanol–water partition coefficient (Wildman–Crippen LogP) is 4.22.